The number of hydrogen-bond acceptors (Lipinski definition) is 3. The average Bonchev–Trinajstić information content (AvgIpc) is 2.37. The topological polar surface area (TPSA) is 30.5 Å². The van der Waals surface area contributed by atoms with Gasteiger partial charge >= 0.3 is 0 Å². The van der Waals surface area contributed by atoms with Gasteiger partial charge in [0.15, 0.2) is 0 Å². The zero-order valence-corrected chi connectivity index (χ0v) is 12.1. The van der Waals surface area contributed by atoms with Crippen molar-refractivity contribution in [3.63, 3.8) is 0 Å². The summed E-state index contributed by atoms with van der Waals surface area (Å²) in [5.41, 5.74) is 1.11. The number of nitrogens with one attached hydrogen (secondary N) is 1. The van der Waals surface area contributed by atoms with E-state index < -0.39 is 0 Å². The van der Waals surface area contributed by atoms with E-state index in [4.69, 9.17) is 15.9 Å². The van der Waals surface area contributed by atoms with Crippen molar-refractivity contribution in [3.05, 3.63) is 28.2 Å². The Kier molecular flexibility index (Phi) is 7.51. The van der Waals surface area contributed by atoms with E-state index in [0.29, 0.717) is 19.6 Å². The Morgan fingerprint density at radius 3 is 2.94 bits per heavy atom. The maximum atomic E-state index is 5.65. The van der Waals surface area contributed by atoms with Crippen LogP contribution in [0.5, 0.6) is 5.75 Å². The molecule has 0 spiro atoms. The lowest BCUT2D eigenvalue weighted by Gasteiger charge is -2.12. The molecule has 0 aliphatic carbocycles. The van der Waals surface area contributed by atoms with Crippen LogP contribution in [0.4, 0.5) is 0 Å². The van der Waals surface area contributed by atoms with Gasteiger partial charge in [-0.25, -0.2) is 0 Å². The van der Waals surface area contributed by atoms with Gasteiger partial charge in [-0.3, -0.25) is 0 Å². The number of benzene rings is 1. The number of terminal acetylenes is 1. The van der Waals surface area contributed by atoms with Crippen molar-refractivity contribution in [2.24, 2.45) is 0 Å². The van der Waals surface area contributed by atoms with Crippen molar-refractivity contribution in [1.29, 1.82) is 0 Å². The molecule has 1 aromatic rings. The minimum absolute atomic E-state index is 0.545. The summed E-state index contributed by atoms with van der Waals surface area (Å²) < 4.78 is 11.7. The minimum Gasteiger partial charge on any atom is -0.492 e. The van der Waals surface area contributed by atoms with E-state index in [1.54, 1.807) is 7.11 Å². The number of ether oxygens (including phenoxy) is 2. The summed E-state index contributed by atoms with van der Waals surface area (Å²) in [6.45, 7) is 2.80. The molecule has 0 unspecified atom stereocenters. The van der Waals surface area contributed by atoms with Gasteiger partial charge in [0.2, 0.25) is 0 Å². The first-order valence-electron chi connectivity index (χ1n) is 5.82. The Morgan fingerprint density at radius 1 is 1.39 bits per heavy atom. The molecule has 3 nitrogen and oxygen atoms in total. The number of halogens is 1. The lowest BCUT2D eigenvalue weighted by atomic mass is 10.2. The van der Waals surface area contributed by atoms with Crippen LogP contribution in [-0.4, -0.2) is 26.9 Å². The van der Waals surface area contributed by atoms with Crippen molar-refractivity contribution in [1.82, 2.24) is 5.32 Å². The fraction of sp³-hybridized carbons (Fsp3) is 0.429. The van der Waals surface area contributed by atoms with Gasteiger partial charge in [-0.05, 0) is 18.2 Å². The summed E-state index contributed by atoms with van der Waals surface area (Å²) in [6.07, 6.45) is 5.82. The van der Waals surface area contributed by atoms with E-state index >= 15 is 0 Å². The Morgan fingerprint density at radius 2 is 2.22 bits per heavy atom. The molecule has 0 heterocycles. The summed E-state index contributed by atoms with van der Waals surface area (Å²) in [5, 5.41) is 3.29. The number of methoxy groups -OCH3 is 1. The van der Waals surface area contributed by atoms with Crippen LogP contribution in [0.2, 0.25) is 0 Å². The third kappa shape index (κ3) is 5.54. The monoisotopic (exact) mass is 311 g/mol. The molecule has 0 saturated heterocycles. The summed E-state index contributed by atoms with van der Waals surface area (Å²) in [7, 11) is 1.69. The van der Waals surface area contributed by atoms with E-state index in [0.717, 1.165) is 28.9 Å². The van der Waals surface area contributed by atoms with E-state index in [1.807, 2.05) is 18.2 Å². The smallest absolute Gasteiger partial charge is 0.123 e. The zero-order valence-electron chi connectivity index (χ0n) is 10.5. The Bertz CT molecular complexity index is 401. The normalized spacial score (nSPS) is 10.1. The van der Waals surface area contributed by atoms with Gasteiger partial charge in [-0.1, -0.05) is 15.9 Å². The van der Waals surface area contributed by atoms with Crippen molar-refractivity contribution < 1.29 is 9.47 Å². The van der Waals surface area contributed by atoms with Crippen molar-refractivity contribution in [3.8, 4) is 18.1 Å². The van der Waals surface area contributed by atoms with E-state index in [1.165, 1.54) is 0 Å². The van der Waals surface area contributed by atoms with Crippen LogP contribution in [0.3, 0.4) is 0 Å². The first-order valence-corrected chi connectivity index (χ1v) is 6.61. The van der Waals surface area contributed by atoms with Gasteiger partial charge < -0.3 is 14.8 Å². The summed E-state index contributed by atoms with van der Waals surface area (Å²) >= 11 is 3.46. The van der Waals surface area contributed by atoms with Crippen LogP contribution < -0.4 is 10.1 Å². The largest absolute Gasteiger partial charge is 0.492 e. The highest BCUT2D eigenvalue weighted by Crippen LogP contribution is 2.23. The van der Waals surface area contributed by atoms with Crippen LogP contribution >= 0.6 is 15.9 Å². The first-order chi connectivity index (χ1) is 8.77. The Balaban J connectivity index is 2.56. The zero-order chi connectivity index (χ0) is 13.2. The lowest BCUT2D eigenvalue weighted by Crippen LogP contribution is -2.19. The molecule has 18 heavy (non-hydrogen) atoms. The molecule has 1 rings (SSSR count). The second-order valence-electron chi connectivity index (χ2n) is 3.72. The summed E-state index contributed by atoms with van der Waals surface area (Å²) in [4.78, 5) is 0. The van der Waals surface area contributed by atoms with Crippen molar-refractivity contribution in [2.45, 2.75) is 13.0 Å². The van der Waals surface area contributed by atoms with Gasteiger partial charge in [0, 0.05) is 36.7 Å². The van der Waals surface area contributed by atoms with Crippen LogP contribution in [0.15, 0.2) is 22.7 Å². The molecule has 0 saturated carbocycles. The molecule has 0 aliphatic heterocycles. The van der Waals surface area contributed by atoms with Crippen LogP contribution in [0, 0.1) is 12.3 Å². The predicted molar refractivity (Wildman–Crippen MR) is 76.7 cm³/mol. The van der Waals surface area contributed by atoms with Gasteiger partial charge in [0.1, 0.15) is 5.75 Å². The average molecular weight is 312 g/mol. The van der Waals surface area contributed by atoms with Gasteiger partial charge in [0.25, 0.3) is 0 Å². The first kappa shape index (κ1) is 15.0. The quantitative estimate of drug-likeness (QED) is 0.591. The Hall–Kier alpha value is -1.02. The second kappa shape index (κ2) is 8.98. The maximum Gasteiger partial charge on any atom is 0.123 e. The summed E-state index contributed by atoms with van der Waals surface area (Å²) in [6, 6.07) is 5.96. The molecule has 0 fully saturated rings. The van der Waals surface area contributed by atoms with Crippen molar-refractivity contribution >= 4 is 15.9 Å². The number of rotatable bonds is 8. The third-order valence-electron chi connectivity index (χ3n) is 2.32. The highest BCUT2D eigenvalue weighted by Gasteiger charge is 2.04. The highest BCUT2D eigenvalue weighted by molar-refractivity contribution is 9.10. The molecular weight excluding hydrogens is 294 g/mol. The molecule has 0 bridgehead atoms. The van der Waals surface area contributed by atoms with Gasteiger partial charge in [-0.2, -0.15) is 0 Å². The highest BCUT2D eigenvalue weighted by atomic mass is 79.9. The standard InChI is InChI=1S/C14H18BrNO2/c1-3-4-8-18-14-6-5-13(15)10-12(14)11-16-7-9-17-2/h1,5-6,10,16H,4,7-9,11H2,2H3. The fourth-order valence-electron chi connectivity index (χ4n) is 1.44. The third-order valence-corrected chi connectivity index (χ3v) is 2.82. The van der Waals surface area contributed by atoms with Crippen LogP contribution in [0.1, 0.15) is 12.0 Å². The molecular formula is C14H18BrNO2. The van der Waals surface area contributed by atoms with Gasteiger partial charge in [-0.15, -0.1) is 12.3 Å². The maximum absolute atomic E-state index is 5.65. The van der Waals surface area contributed by atoms with E-state index in [-0.39, 0.29) is 0 Å². The van der Waals surface area contributed by atoms with E-state index in [2.05, 4.69) is 27.2 Å². The molecule has 0 aliphatic rings. The fourth-order valence-corrected chi connectivity index (χ4v) is 1.85. The molecule has 98 valence electrons. The van der Waals surface area contributed by atoms with Crippen LogP contribution in [0.25, 0.3) is 0 Å². The Labute approximate surface area is 117 Å². The van der Waals surface area contributed by atoms with Crippen LogP contribution in [-0.2, 0) is 11.3 Å². The van der Waals surface area contributed by atoms with E-state index in [9.17, 15) is 0 Å². The van der Waals surface area contributed by atoms with Crippen molar-refractivity contribution in [2.75, 3.05) is 26.9 Å². The molecule has 4 heteroatoms. The predicted octanol–water partition coefficient (Wildman–Crippen LogP) is 2.59. The van der Waals surface area contributed by atoms with Gasteiger partial charge in [0.05, 0.1) is 13.2 Å². The molecule has 0 amide bonds. The SMILES string of the molecule is C#CCCOc1ccc(Br)cc1CNCCOC. The molecule has 0 atom stereocenters. The molecule has 1 aromatic carbocycles. The number of hydrogen-bond donors (Lipinski definition) is 1. The molecule has 0 aromatic heterocycles. The molecule has 1 N–H and O–H groups in total. The minimum atomic E-state index is 0.545. The second-order valence-corrected chi connectivity index (χ2v) is 4.64. The lowest BCUT2D eigenvalue weighted by molar-refractivity contribution is 0.199. The molecule has 0 radical (unpaired) electrons. The summed E-state index contributed by atoms with van der Waals surface area (Å²) in [5.74, 6) is 3.44.